The average molecular weight is 1190 g/mol. The van der Waals surface area contributed by atoms with Gasteiger partial charge in [-0.1, -0.05) is 246 Å². The summed E-state index contributed by atoms with van der Waals surface area (Å²) in [4.78, 5) is 51.5. The third-order valence-electron chi connectivity index (χ3n) is 15.1. The summed E-state index contributed by atoms with van der Waals surface area (Å²) in [6.07, 6.45) is 67.8. The molecule has 1 heterocycles. The van der Waals surface area contributed by atoms with Crippen LogP contribution in [-0.4, -0.2) is 89.2 Å². The Morgan fingerprint density at radius 2 is 0.741 bits per heavy atom. The number of carbonyl (C=O) groups is 4. The number of esters is 3. The highest BCUT2D eigenvalue weighted by Crippen LogP contribution is 2.27. The van der Waals surface area contributed by atoms with Crippen LogP contribution in [0, 0.1) is 0 Å². The van der Waals surface area contributed by atoms with Gasteiger partial charge in [-0.3, -0.25) is 14.4 Å². The predicted octanol–water partition coefficient (Wildman–Crippen LogP) is 18.8. The number of ether oxygens (including phenoxy) is 5. The molecule has 85 heavy (non-hydrogen) atoms. The quantitative estimate of drug-likeness (QED) is 0.0228. The maximum atomic E-state index is 13.2. The van der Waals surface area contributed by atoms with Crippen molar-refractivity contribution in [1.29, 1.82) is 0 Å². The minimum Gasteiger partial charge on any atom is -0.479 e. The molecule has 0 radical (unpaired) electrons. The number of carboxylic acid groups (broad SMARTS) is 1. The first kappa shape index (κ1) is 78.7. The van der Waals surface area contributed by atoms with Crippen molar-refractivity contribution in [3.8, 4) is 0 Å². The van der Waals surface area contributed by atoms with Crippen LogP contribution in [0.4, 0.5) is 0 Å². The van der Waals surface area contributed by atoms with Crippen molar-refractivity contribution in [2.45, 2.75) is 327 Å². The fourth-order valence-electron chi connectivity index (χ4n) is 9.89. The molecule has 3 N–H and O–H groups in total. The number of allylic oxidation sites excluding steroid dienone is 16. The normalized spacial score (nSPS) is 18.1. The second-order valence-electron chi connectivity index (χ2n) is 23.1. The lowest BCUT2D eigenvalue weighted by Gasteiger charge is -2.40. The van der Waals surface area contributed by atoms with Crippen LogP contribution < -0.4 is 0 Å². The Morgan fingerprint density at radius 1 is 0.400 bits per heavy atom. The largest absolute Gasteiger partial charge is 0.479 e. The van der Waals surface area contributed by atoms with Crippen LogP contribution in [0.25, 0.3) is 0 Å². The molecule has 1 fully saturated rings. The molecule has 6 unspecified atom stereocenters. The first-order chi connectivity index (χ1) is 41.6. The molecular weight excluding hydrogens is 1070 g/mol. The van der Waals surface area contributed by atoms with E-state index in [0.717, 1.165) is 154 Å². The first-order valence-electron chi connectivity index (χ1n) is 34.2. The highest BCUT2D eigenvalue weighted by Gasteiger charge is 2.50. The van der Waals surface area contributed by atoms with Crippen molar-refractivity contribution in [3.63, 3.8) is 0 Å². The molecule has 6 atom stereocenters. The molecule has 1 aliphatic heterocycles. The van der Waals surface area contributed by atoms with Gasteiger partial charge in [0, 0.05) is 19.3 Å². The zero-order valence-corrected chi connectivity index (χ0v) is 53.8. The van der Waals surface area contributed by atoms with E-state index in [9.17, 15) is 34.5 Å². The summed E-state index contributed by atoms with van der Waals surface area (Å²) in [6, 6.07) is 0. The molecule has 1 rings (SSSR count). The number of rotatable bonds is 58. The van der Waals surface area contributed by atoms with E-state index in [2.05, 4.69) is 118 Å². The third-order valence-corrected chi connectivity index (χ3v) is 15.1. The molecule has 0 saturated carbocycles. The van der Waals surface area contributed by atoms with E-state index in [0.29, 0.717) is 19.3 Å². The number of hydrogen-bond donors (Lipinski definition) is 3. The molecule has 0 spiro atoms. The highest BCUT2D eigenvalue weighted by atomic mass is 16.7. The van der Waals surface area contributed by atoms with E-state index in [1.54, 1.807) is 0 Å². The average Bonchev–Trinajstić information content (AvgIpc) is 3.53. The number of unbranched alkanes of at least 4 members (excludes halogenated alkanes) is 28. The molecule has 12 nitrogen and oxygen atoms in total. The Labute approximate surface area is 517 Å². The lowest BCUT2D eigenvalue weighted by atomic mass is 9.98. The Hall–Kier alpha value is -4.36. The van der Waals surface area contributed by atoms with Crippen LogP contribution in [0.15, 0.2) is 97.2 Å². The highest BCUT2D eigenvalue weighted by molar-refractivity contribution is 5.74. The van der Waals surface area contributed by atoms with Gasteiger partial charge < -0.3 is 39.0 Å². The van der Waals surface area contributed by atoms with Gasteiger partial charge in [0.25, 0.3) is 0 Å². The number of aliphatic hydroxyl groups is 2. The zero-order valence-electron chi connectivity index (χ0n) is 53.8. The second-order valence-corrected chi connectivity index (χ2v) is 23.1. The lowest BCUT2D eigenvalue weighted by molar-refractivity contribution is -0.301. The molecule has 0 aromatic rings. The lowest BCUT2D eigenvalue weighted by Crippen LogP contribution is -2.61. The van der Waals surface area contributed by atoms with Gasteiger partial charge >= 0.3 is 23.9 Å². The fraction of sp³-hybridized carbons (Fsp3) is 0.726. The van der Waals surface area contributed by atoms with Gasteiger partial charge in [0.15, 0.2) is 24.6 Å². The van der Waals surface area contributed by atoms with Gasteiger partial charge in [-0.2, -0.15) is 0 Å². The number of carbonyl (C=O) groups excluding carboxylic acids is 3. The Morgan fingerprint density at radius 3 is 1.13 bits per heavy atom. The van der Waals surface area contributed by atoms with Crippen molar-refractivity contribution in [3.05, 3.63) is 97.2 Å². The maximum absolute atomic E-state index is 13.2. The van der Waals surface area contributed by atoms with E-state index < -0.39 is 67.3 Å². The molecule has 486 valence electrons. The summed E-state index contributed by atoms with van der Waals surface area (Å²) in [5, 5.41) is 31.7. The number of aliphatic carboxylic acids is 1. The number of hydrogen-bond acceptors (Lipinski definition) is 11. The Bertz CT molecular complexity index is 1840. The van der Waals surface area contributed by atoms with Crippen LogP contribution in [-0.2, 0) is 42.9 Å². The van der Waals surface area contributed by atoms with E-state index in [4.69, 9.17) is 23.7 Å². The smallest absolute Gasteiger partial charge is 0.335 e. The SMILES string of the molecule is CC/C=C\C/C=C\C/C=C\CCCCCCCCCC(=O)OC(COC(=O)CCCCCCCC/C=C\C/C=C\C/C=C\CCCCC)COC1OC(C(=O)O)C(O)C(O)C1OC(=O)CCCCCCCCCCC/C=C\C/C=C\CCCCC. The second kappa shape index (κ2) is 59.9. The van der Waals surface area contributed by atoms with Crippen LogP contribution >= 0.6 is 0 Å². The molecule has 1 aliphatic rings. The van der Waals surface area contributed by atoms with Gasteiger partial charge in [0.05, 0.1) is 6.61 Å². The van der Waals surface area contributed by atoms with Crippen LogP contribution in [0.5, 0.6) is 0 Å². The van der Waals surface area contributed by atoms with Crippen molar-refractivity contribution < 1.29 is 58.2 Å². The van der Waals surface area contributed by atoms with E-state index in [1.807, 2.05) is 0 Å². The Kier molecular flexibility index (Phi) is 55.5. The fourth-order valence-corrected chi connectivity index (χ4v) is 9.89. The molecule has 0 bridgehead atoms. The van der Waals surface area contributed by atoms with Crippen molar-refractivity contribution in [1.82, 2.24) is 0 Å². The summed E-state index contributed by atoms with van der Waals surface area (Å²) in [7, 11) is 0. The summed E-state index contributed by atoms with van der Waals surface area (Å²) in [5.41, 5.74) is 0. The Balaban J connectivity index is 2.66. The van der Waals surface area contributed by atoms with E-state index in [-0.39, 0.29) is 25.9 Å². The molecule has 12 heteroatoms. The van der Waals surface area contributed by atoms with Gasteiger partial charge in [-0.05, 0) is 122 Å². The molecule has 0 aromatic carbocycles. The van der Waals surface area contributed by atoms with Crippen molar-refractivity contribution in [2.75, 3.05) is 13.2 Å². The number of carboxylic acids is 1. The van der Waals surface area contributed by atoms with Crippen LogP contribution in [0.2, 0.25) is 0 Å². The molecule has 0 aliphatic carbocycles. The zero-order chi connectivity index (χ0) is 61.7. The van der Waals surface area contributed by atoms with E-state index >= 15 is 0 Å². The predicted molar refractivity (Wildman–Crippen MR) is 349 cm³/mol. The minimum absolute atomic E-state index is 0.0499. The van der Waals surface area contributed by atoms with Gasteiger partial charge in [0.1, 0.15) is 18.8 Å². The molecular formula is C73H122O12. The van der Waals surface area contributed by atoms with Crippen LogP contribution in [0.3, 0.4) is 0 Å². The van der Waals surface area contributed by atoms with E-state index in [1.165, 1.54) is 77.0 Å². The minimum atomic E-state index is -1.91. The van der Waals surface area contributed by atoms with Crippen LogP contribution in [0.1, 0.15) is 290 Å². The summed E-state index contributed by atoms with van der Waals surface area (Å²) >= 11 is 0. The van der Waals surface area contributed by atoms with Gasteiger partial charge in [-0.25, -0.2) is 4.79 Å². The van der Waals surface area contributed by atoms with Gasteiger partial charge in [0.2, 0.25) is 0 Å². The summed E-state index contributed by atoms with van der Waals surface area (Å²) in [5.74, 6) is -3.15. The third kappa shape index (κ3) is 49.3. The topological polar surface area (TPSA) is 175 Å². The molecule has 0 amide bonds. The first-order valence-corrected chi connectivity index (χ1v) is 34.2. The van der Waals surface area contributed by atoms with Gasteiger partial charge in [-0.15, -0.1) is 0 Å². The monoisotopic (exact) mass is 1190 g/mol. The number of aliphatic hydroxyl groups excluding tert-OH is 2. The standard InChI is InChI=1S/C73H122O12/c1-4-7-10-13-16-19-22-25-28-31-33-36-38-41-44-47-50-53-56-59-65(74)81-62-64(83-66(75)60-57-54-51-48-45-42-39-35-30-27-24-21-18-15-12-9-6-3)63-82-73-71(69(78)68(77)70(85-73)72(79)80)84-67(76)61-58-55-52-49-46-43-40-37-34-32-29-26-23-20-17-14-11-8-5-2/h9,12,16-21,25-30,33,36,64,68-71,73,77-78H,4-8,10-11,13-15,22-24,31-32,34-35,37-63H2,1-3H3,(H,79,80)/b12-9-,19-16-,20-17-,21-18-,28-25-,29-26-,30-27-,36-33-. The van der Waals surface area contributed by atoms with Crippen molar-refractivity contribution in [2.24, 2.45) is 0 Å². The summed E-state index contributed by atoms with van der Waals surface area (Å²) < 4.78 is 28.6. The van der Waals surface area contributed by atoms with Crippen molar-refractivity contribution >= 4 is 23.9 Å². The molecule has 0 aromatic heterocycles. The summed E-state index contributed by atoms with van der Waals surface area (Å²) in [6.45, 7) is 5.85. The maximum Gasteiger partial charge on any atom is 0.335 e. The molecule has 1 saturated heterocycles.